The number of likely N-dealkylation sites (tertiary alicyclic amines) is 1. The van der Waals surface area contributed by atoms with Gasteiger partial charge in [0.25, 0.3) is 5.56 Å². The number of aryl methyl sites for hydroxylation is 1. The van der Waals surface area contributed by atoms with Gasteiger partial charge in [-0.2, -0.15) is 0 Å². The van der Waals surface area contributed by atoms with E-state index in [0.717, 1.165) is 18.4 Å². The van der Waals surface area contributed by atoms with Crippen molar-refractivity contribution in [2.24, 2.45) is 0 Å². The number of amides is 1. The number of anilines is 1. The normalized spacial score (nSPS) is 19.1. The first kappa shape index (κ1) is 22.1. The van der Waals surface area contributed by atoms with Crippen LogP contribution in [0.3, 0.4) is 0 Å². The van der Waals surface area contributed by atoms with Gasteiger partial charge in [-0.1, -0.05) is 29.3 Å². The van der Waals surface area contributed by atoms with Gasteiger partial charge in [-0.05, 0) is 43.9 Å². The second-order valence-corrected chi connectivity index (χ2v) is 8.79. The summed E-state index contributed by atoms with van der Waals surface area (Å²) in [4.78, 5) is 37.0. The molecular weight excluding hydrogens is 439 g/mol. The lowest BCUT2D eigenvalue weighted by atomic mass is 10.0. The first-order valence-electron chi connectivity index (χ1n) is 10.6. The van der Waals surface area contributed by atoms with Gasteiger partial charge in [-0.25, -0.2) is 4.98 Å². The molecule has 1 atom stereocenters. The summed E-state index contributed by atoms with van der Waals surface area (Å²) in [6.45, 7) is 5.17. The van der Waals surface area contributed by atoms with Crippen LogP contribution in [0.4, 0.5) is 5.95 Å². The number of hydrogen-bond donors (Lipinski definition) is 1. The molecule has 2 saturated heterocycles. The van der Waals surface area contributed by atoms with Crippen LogP contribution in [0.15, 0.2) is 23.0 Å². The Kier molecular flexibility index (Phi) is 6.84. The maximum absolute atomic E-state index is 13.0. The molecule has 166 valence electrons. The number of morpholine rings is 1. The highest BCUT2D eigenvalue weighted by Gasteiger charge is 2.30. The van der Waals surface area contributed by atoms with Crippen LogP contribution in [0.1, 0.15) is 42.1 Å². The van der Waals surface area contributed by atoms with Crippen LogP contribution in [-0.4, -0.2) is 53.6 Å². The molecule has 0 spiro atoms. The van der Waals surface area contributed by atoms with Crippen LogP contribution < -0.4 is 10.5 Å². The highest BCUT2D eigenvalue weighted by molar-refractivity contribution is 6.42. The van der Waals surface area contributed by atoms with Crippen LogP contribution in [0.5, 0.6) is 0 Å². The fraction of sp³-hybridized carbons (Fsp3) is 0.500. The lowest BCUT2D eigenvalue weighted by Gasteiger charge is -2.27. The summed E-state index contributed by atoms with van der Waals surface area (Å²) in [5.41, 5.74) is 2.05. The first-order chi connectivity index (χ1) is 14.9. The zero-order valence-electron chi connectivity index (χ0n) is 17.5. The Hall–Kier alpha value is -2.09. The van der Waals surface area contributed by atoms with Crippen molar-refractivity contribution in [3.63, 3.8) is 0 Å². The Morgan fingerprint density at radius 2 is 2.00 bits per heavy atom. The topological polar surface area (TPSA) is 78.5 Å². The molecular formula is C22H26Cl2N4O3. The van der Waals surface area contributed by atoms with Crippen molar-refractivity contribution in [2.75, 3.05) is 37.7 Å². The number of ether oxygens (including phenoxy) is 1. The summed E-state index contributed by atoms with van der Waals surface area (Å²) in [7, 11) is 0. The van der Waals surface area contributed by atoms with E-state index in [-0.39, 0.29) is 23.9 Å². The quantitative estimate of drug-likeness (QED) is 0.731. The molecule has 1 N–H and O–H groups in total. The molecule has 2 aromatic rings. The number of nitrogens with one attached hydrogen (secondary N) is 1. The number of carbonyl (C=O) groups is 1. The van der Waals surface area contributed by atoms with E-state index < -0.39 is 0 Å². The number of aromatic amines is 1. The Morgan fingerprint density at radius 1 is 1.23 bits per heavy atom. The van der Waals surface area contributed by atoms with Crippen LogP contribution in [0.25, 0.3) is 0 Å². The smallest absolute Gasteiger partial charge is 0.255 e. The van der Waals surface area contributed by atoms with Gasteiger partial charge >= 0.3 is 0 Å². The van der Waals surface area contributed by atoms with Gasteiger partial charge in [-0.15, -0.1) is 0 Å². The zero-order chi connectivity index (χ0) is 22.0. The van der Waals surface area contributed by atoms with Crippen molar-refractivity contribution in [3.8, 4) is 0 Å². The molecule has 1 aromatic carbocycles. The molecule has 0 bridgehead atoms. The number of hydrogen-bond acceptors (Lipinski definition) is 5. The van der Waals surface area contributed by atoms with Gasteiger partial charge in [0.2, 0.25) is 11.9 Å². The highest BCUT2D eigenvalue weighted by atomic mass is 35.5. The molecule has 1 unspecified atom stereocenters. The van der Waals surface area contributed by atoms with E-state index in [1.807, 2.05) is 28.9 Å². The van der Waals surface area contributed by atoms with E-state index in [2.05, 4.69) is 9.97 Å². The number of nitrogens with zero attached hydrogens (tertiary/aromatic N) is 3. The summed E-state index contributed by atoms with van der Waals surface area (Å²) in [5.74, 6) is 0.602. The maximum atomic E-state index is 13.0. The van der Waals surface area contributed by atoms with E-state index in [4.69, 9.17) is 27.9 Å². The van der Waals surface area contributed by atoms with Gasteiger partial charge in [0.1, 0.15) is 0 Å². The molecule has 2 aliphatic heterocycles. The largest absolute Gasteiger partial charge is 0.378 e. The van der Waals surface area contributed by atoms with Crippen molar-refractivity contribution in [3.05, 3.63) is 55.4 Å². The molecule has 1 amide bonds. The van der Waals surface area contributed by atoms with Crippen molar-refractivity contribution < 1.29 is 9.53 Å². The van der Waals surface area contributed by atoms with Crippen molar-refractivity contribution in [1.82, 2.24) is 14.9 Å². The Balaban J connectivity index is 1.44. The molecule has 0 saturated carbocycles. The van der Waals surface area contributed by atoms with Gasteiger partial charge in [0, 0.05) is 37.3 Å². The van der Waals surface area contributed by atoms with Crippen LogP contribution in [-0.2, 0) is 16.0 Å². The average molecular weight is 465 g/mol. The lowest BCUT2D eigenvalue weighted by molar-refractivity contribution is -0.132. The van der Waals surface area contributed by atoms with Crippen molar-refractivity contribution >= 4 is 35.1 Å². The van der Waals surface area contributed by atoms with Crippen LogP contribution in [0.2, 0.25) is 10.0 Å². The minimum absolute atomic E-state index is 0.0107. The van der Waals surface area contributed by atoms with Gasteiger partial charge in [0.15, 0.2) is 0 Å². The van der Waals surface area contributed by atoms with E-state index in [9.17, 15) is 9.59 Å². The minimum Gasteiger partial charge on any atom is -0.378 e. The Labute approximate surface area is 191 Å². The summed E-state index contributed by atoms with van der Waals surface area (Å²) in [5, 5.41) is 0.996. The second kappa shape index (κ2) is 9.59. The summed E-state index contributed by atoms with van der Waals surface area (Å²) < 4.78 is 5.35. The monoisotopic (exact) mass is 464 g/mol. The third-order valence-electron chi connectivity index (χ3n) is 6.01. The summed E-state index contributed by atoms with van der Waals surface area (Å²) in [6, 6.07) is 5.52. The third kappa shape index (κ3) is 4.89. The number of aromatic nitrogens is 2. The van der Waals surface area contributed by atoms with Crippen molar-refractivity contribution in [2.45, 2.75) is 38.6 Å². The Morgan fingerprint density at radius 3 is 2.71 bits per heavy atom. The molecule has 31 heavy (non-hydrogen) atoms. The van der Waals surface area contributed by atoms with Gasteiger partial charge in [0.05, 0.1) is 29.3 Å². The third-order valence-corrected chi connectivity index (χ3v) is 6.75. The second-order valence-electron chi connectivity index (χ2n) is 7.97. The fourth-order valence-corrected chi connectivity index (χ4v) is 4.63. The van der Waals surface area contributed by atoms with Crippen LogP contribution in [0, 0.1) is 6.92 Å². The Bertz CT molecular complexity index is 1020. The summed E-state index contributed by atoms with van der Waals surface area (Å²) in [6.07, 6.45) is 2.45. The molecule has 7 nitrogen and oxygen atoms in total. The highest BCUT2D eigenvalue weighted by Crippen LogP contribution is 2.35. The molecule has 2 aliphatic rings. The maximum Gasteiger partial charge on any atom is 0.255 e. The predicted octanol–water partition coefficient (Wildman–Crippen LogP) is 3.52. The molecule has 9 heteroatoms. The van der Waals surface area contributed by atoms with Crippen LogP contribution >= 0.6 is 23.2 Å². The summed E-state index contributed by atoms with van der Waals surface area (Å²) >= 11 is 12.2. The SMILES string of the molecule is Cc1nc(N2CCOCC2)[nH]c(=O)c1CCC(=O)N1CCCC1c1ccc(Cl)c(Cl)c1. The molecule has 0 radical (unpaired) electrons. The predicted molar refractivity (Wildman–Crippen MR) is 121 cm³/mol. The number of rotatable bonds is 5. The van der Waals surface area contributed by atoms with Gasteiger partial charge < -0.3 is 14.5 Å². The number of H-pyrrole nitrogens is 1. The van der Waals surface area contributed by atoms with Crippen molar-refractivity contribution in [1.29, 1.82) is 0 Å². The van der Waals surface area contributed by atoms with E-state index in [0.29, 0.717) is 66.5 Å². The number of carbonyl (C=O) groups excluding carboxylic acids is 1. The molecule has 0 aliphatic carbocycles. The number of halogens is 2. The standard InChI is InChI=1S/C22H26Cl2N4O3/c1-14-16(21(30)26-22(25-14)27-9-11-31-12-10-27)5-7-20(29)28-8-2-3-19(28)15-4-6-17(23)18(24)13-15/h4,6,13,19H,2-3,5,7-12H2,1H3,(H,25,26,30). The molecule has 4 rings (SSSR count). The molecule has 1 aromatic heterocycles. The van der Waals surface area contributed by atoms with E-state index in [1.54, 1.807) is 6.07 Å². The van der Waals surface area contributed by atoms with Gasteiger partial charge in [-0.3, -0.25) is 14.6 Å². The zero-order valence-corrected chi connectivity index (χ0v) is 19.0. The molecule has 2 fully saturated rings. The van der Waals surface area contributed by atoms with E-state index in [1.165, 1.54) is 0 Å². The average Bonchev–Trinajstić information content (AvgIpc) is 3.25. The molecule has 3 heterocycles. The number of benzene rings is 1. The lowest BCUT2D eigenvalue weighted by Crippen LogP contribution is -2.38. The fourth-order valence-electron chi connectivity index (χ4n) is 4.32. The minimum atomic E-state index is -0.177. The van der Waals surface area contributed by atoms with E-state index >= 15 is 0 Å². The first-order valence-corrected chi connectivity index (χ1v) is 11.4.